The van der Waals surface area contributed by atoms with Gasteiger partial charge in [-0.1, -0.05) is 0 Å². The molecule has 0 spiro atoms. The summed E-state index contributed by atoms with van der Waals surface area (Å²) in [4.78, 5) is 0. The Balaban J connectivity index is 0.00000225. The minimum Gasteiger partial charge on any atom is -1.00 e. The number of rotatable bonds is 4. The van der Waals surface area contributed by atoms with Crippen molar-refractivity contribution in [3.63, 3.8) is 0 Å². The van der Waals surface area contributed by atoms with Crippen molar-refractivity contribution in [1.29, 1.82) is 0 Å². The van der Waals surface area contributed by atoms with Crippen molar-refractivity contribution in [2.45, 2.75) is 12.5 Å². The van der Waals surface area contributed by atoms with Gasteiger partial charge in [0.1, 0.15) is 0 Å². The van der Waals surface area contributed by atoms with Crippen molar-refractivity contribution in [2.75, 3.05) is 27.9 Å². The van der Waals surface area contributed by atoms with Crippen LogP contribution in [0, 0.1) is 0 Å². The maximum absolute atomic E-state index is 9.88. The van der Waals surface area contributed by atoms with Crippen molar-refractivity contribution in [1.82, 2.24) is 5.32 Å². The number of halogens is 1. The number of hydrogen-bond acceptors (Lipinski definition) is 6. The number of phenols is 2. The quantitative estimate of drug-likeness (QED) is 0.625. The number of nitrogens with one attached hydrogen (secondary N) is 1. The Kier molecular flexibility index (Phi) is 5.87. The molecule has 2 aromatic carbocycles. The lowest BCUT2D eigenvalue weighted by Crippen LogP contribution is -3.00. The molecule has 3 rings (SSSR count). The summed E-state index contributed by atoms with van der Waals surface area (Å²) in [7, 11) is 4.72. The summed E-state index contributed by atoms with van der Waals surface area (Å²) in [6, 6.07) is 6.85. The standard InChI is InChI=1S/C18H21NO5.ClH/c1-22-15-7-11(8-16(23-2)18(15)24-3)17-12-9-14(21)13(20)6-10(12)4-5-19-17;/h6-9,17,19-21H,4-5H2,1-3H3;1H/p-1. The molecule has 6 nitrogen and oxygen atoms in total. The first-order chi connectivity index (χ1) is 11.6. The first-order valence-corrected chi connectivity index (χ1v) is 7.67. The molecule has 0 saturated heterocycles. The van der Waals surface area contributed by atoms with Crippen LogP contribution in [0.15, 0.2) is 24.3 Å². The lowest BCUT2D eigenvalue weighted by atomic mass is 9.89. The highest BCUT2D eigenvalue weighted by molar-refractivity contribution is 5.57. The Morgan fingerprint density at radius 1 is 0.920 bits per heavy atom. The summed E-state index contributed by atoms with van der Waals surface area (Å²) >= 11 is 0. The fourth-order valence-electron chi connectivity index (χ4n) is 3.15. The molecule has 0 fully saturated rings. The molecule has 136 valence electrons. The number of phenolic OH excluding ortho intramolecular Hbond substituents is 2. The van der Waals surface area contributed by atoms with Crippen molar-refractivity contribution < 1.29 is 36.8 Å². The second-order valence-electron chi connectivity index (χ2n) is 5.64. The van der Waals surface area contributed by atoms with Crippen molar-refractivity contribution >= 4 is 0 Å². The molecule has 7 heteroatoms. The Hall–Kier alpha value is -2.31. The molecule has 1 aliphatic rings. The van der Waals surface area contributed by atoms with Crippen molar-refractivity contribution in [3.05, 3.63) is 41.0 Å². The predicted molar refractivity (Wildman–Crippen MR) is 89.4 cm³/mol. The van der Waals surface area contributed by atoms with Gasteiger partial charge >= 0.3 is 0 Å². The number of fused-ring (bicyclic) bond motifs is 1. The number of ether oxygens (including phenoxy) is 3. The van der Waals surface area contributed by atoms with Gasteiger partial charge in [-0.15, -0.1) is 0 Å². The van der Waals surface area contributed by atoms with Crippen molar-refractivity contribution in [3.8, 4) is 28.7 Å². The van der Waals surface area contributed by atoms with Gasteiger partial charge in [0.25, 0.3) is 0 Å². The minimum atomic E-state index is -0.144. The molecular formula is C18H21ClNO5-. The second kappa shape index (κ2) is 7.72. The molecule has 1 unspecified atom stereocenters. The van der Waals surface area contributed by atoms with Crippen LogP contribution < -0.4 is 31.9 Å². The molecule has 1 aliphatic heterocycles. The normalized spacial score (nSPS) is 15.7. The Morgan fingerprint density at radius 3 is 2.08 bits per heavy atom. The van der Waals surface area contributed by atoms with Crippen LogP contribution in [0.5, 0.6) is 28.7 Å². The minimum absolute atomic E-state index is 0. The van der Waals surface area contributed by atoms with Crippen LogP contribution in [0.2, 0.25) is 0 Å². The molecule has 0 aromatic heterocycles. The van der Waals surface area contributed by atoms with Crippen molar-refractivity contribution in [2.24, 2.45) is 0 Å². The zero-order valence-corrected chi connectivity index (χ0v) is 15.1. The molecule has 25 heavy (non-hydrogen) atoms. The van der Waals surface area contributed by atoms with Gasteiger partial charge in [-0.3, -0.25) is 0 Å². The van der Waals surface area contributed by atoms with E-state index in [1.54, 1.807) is 33.5 Å². The first-order valence-electron chi connectivity index (χ1n) is 7.67. The molecule has 1 heterocycles. The van der Waals surface area contributed by atoms with E-state index >= 15 is 0 Å². The van der Waals surface area contributed by atoms with Crippen LogP contribution in [0.25, 0.3) is 0 Å². The maximum Gasteiger partial charge on any atom is 0.203 e. The monoisotopic (exact) mass is 366 g/mol. The zero-order valence-electron chi connectivity index (χ0n) is 14.3. The third-order valence-corrected chi connectivity index (χ3v) is 4.31. The van der Waals surface area contributed by atoms with E-state index < -0.39 is 0 Å². The van der Waals surface area contributed by atoms with Crippen LogP contribution in [0.1, 0.15) is 22.7 Å². The molecule has 3 N–H and O–H groups in total. The molecular weight excluding hydrogens is 346 g/mol. The second-order valence-corrected chi connectivity index (χ2v) is 5.64. The highest BCUT2D eigenvalue weighted by Crippen LogP contribution is 2.43. The van der Waals surface area contributed by atoms with E-state index in [2.05, 4.69) is 5.32 Å². The van der Waals surface area contributed by atoms with E-state index in [9.17, 15) is 10.2 Å². The fourth-order valence-corrected chi connectivity index (χ4v) is 3.15. The first kappa shape index (κ1) is 19.0. The van der Waals surface area contributed by atoms with E-state index in [-0.39, 0.29) is 29.9 Å². The molecule has 0 amide bonds. The number of aromatic hydroxyl groups is 2. The summed E-state index contributed by atoms with van der Waals surface area (Å²) in [5.74, 6) is 1.45. The molecule has 0 bridgehead atoms. The average Bonchev–Trinajstić information content (AvgIpc) is 2.60. The van der Waals surface area contributed by atoms with Gasteiger partial charge in [-0.05, 0) is 47.4 Å². The number of benzene rings is 2. The summed E-state index contributed by atoms with van der Waals surface area (Å²) in [5, 5.41) is 23.0. The highest BCUT2D eigenvalue weighted by atomic mass is 35.5. The maximum atomic E-state index is 9.88. The summed E-state index contributed by atoms with van der Waals surface area (Å²) in [6.45, 7) is 0.762. The molecule has 0 radical (unpaired) electrons. The van der Waals surface area contributed by atoms with Crippen LogP contribution in [-0.4, -0.2) is 38.1 Å². The Labute approximate surface area is 152 Å². The SMILES string of the molecule is COc1cc(C2NCCc3cc(O)c(O)cc32)cc(OC)c1OC.[Cl-]. The average molecular weight is 367 g/mol. The van der Waals surface area contributed by atoms with E-state index in [1.165, 1.54) is 0 Å². The van der Waals surface area contributed by atoms with Crippen LogP contribution in [0.4, 0.5) is 0 Å². The van der Waals surface area contributed by atoms with Crippen LogP contribution in [-0.2, 0) is 6.42 Å². The van der Waals surface area contributed by atoms with Gasteiger partial charge < -0.3 is 42.1 Å². The largest absolute Gasteiger partial charge is 1.00 e. The Bertz CT molecular complexity index is 740. The molecule has 2 aromatic rings. The summed E-state index contributed by atoms with van der Waals surface area (Å²) in [5.41, 5.74) is 2.85. The van der Waals surface area contributed by atoms with Gasteiger partial charge in [-0.2, -0.15) is 0 Å². The topological polar surface area (TPSA) is 80.2 Å². The van der Waals surface area contributed by atoms with Crippen LogP contribution >= 0.6 is 0 Å². The van der Waals surface area contributed by atoms with Gasteiger partial charge in [0.05, 0.1) is 27.4 Å². The van der Waals surface area contributed by atoms with E-state index in [1.807, 2.05) is 12.1 Å². The van der Waals surface area contributed by atoms with Gasteiger partial charge in [0.15, 0.2) is 23.0 Å². The third-order valence-electron chi connectivity index (χ3n) is 4.31. The van der Waals surface area contributed by atoms with Crippen LogP contribution in [0.3, 0.4) is 0 Å². The predicted octanol–water partition coefficient (Wildman–Crippen LogP) is -0.637. The fraction of sp³-hybridized carbons (Fsp3) is 0.333. The third kappa shape index (κ3) is 3.41. The van der Waals surface area contributed by atoms with Gasteiger partial charge in [0.2, 0.25) is 5.75 Å². The smallest absolute Gasteiger partial charge is 0.203 e. The lowest BCUT2D eigenvalue weighted by molar-refractivity contribution is -0.00000746. The summed E-state index contributed by atoms with van der Waals surface area (Å²) in [6.07, 6.45) is 0.782. The number of hydrogen-bond donors (Lipinski definition) is 3. The van der Waals surface area contributed by atoms with Gasteiger partial charge in [-0.25, -0.2) is 0 Å². The molecule has 0 saturated carbocycles. The highest BCUT2D eigenvalue weighted by Gasteiger charge is 2.25. The van der Waals surface area contributed by atoms with E-state index in [0.29, 0.717) is 17.2 Å². The summed E-state index contributed by atoms with van der Waals surface area (Å²) < 4.78 is 16.2. The zero-order chi connectivity index (χ0) is 17.3. The molecule has 0 aliphatic carbocycles. The Morgan fingerprint density at radius 2 is 1.52 bits per heavy atom. The van der Waals surface area contributed by atoms with E-state index in [4.69, 9.17) is 14.2 Å². The van der Waals surface area contributed by atoms with Gasteiger partial charge in [0, 0.05) is 6.54 Å². The molecule has 1 atom stereocenters. The lowest BCUT2D eigenvalue weighted by Gasteiger charge is -2.28. The number of methoxy groups -OCH3 is 3. The van der Waals surface area contributed by atoms with E-state index in [0.717, 1.165) is 29.7 Å².